The normalized spacial score (nSPS) is 43.8. The Morgan fingerprint density at radius 1 is 0.368 bits per heavy atom. The van der Waals surface area contributed by atoms with Gasteiger partial charge in [0.1, 0.15) is 177 Å². The zero-order valence-corrected chi connectivity index (χ0v) is 57.6. The lowest BCUT2D eigenvalue weighted by atomic mass is 9.95. The van der Waals surface area contributed by atoms with Gasteiger partial charge in [0.2, 0.25) is 15.9 Å². The second-order valence-corrected chi connectivity index (χ2v) is 28.7. The van der Waals surface area contributed by atoms with Crippen molar-refractivity contribution in [2.45, 2.75) is 226 Å². The lowest BCUT2D eigenvalue weighted by molar-refractivity contribution is -0.396. The highest BCUT2D eigenvalue weighted by Gasteiger charge is 2.60. The van der Waals surface area contributed by atoms with E-state index >= 15 is 0 Å². The van der Waals surface area contributed by atoms with Crippen LogP contribution in [-0.4, -0.2) is 405 Å². The molecule has 21 aliphatic heterocycles. The van der Waals surface area contributed by atoms with E-state index in [0.717, 1.165) is 5.69 Å². The second-order valence-electron chi connectivity index (χ2n) is 26.9. The predicted molar refractivity (Wildman–Crippen MR) is 345 cm³/mol. The Morgan fingerprint density at radius 3 is 0.972 bits per heavy atom. The van der Waals surface area contributed by atoms with Gasteiger partial charge in [-0.05, 0) is 17.7 Å². The maximum absolute atomic E-state index is 14.7. The molecule has 21 heterocycles. The van der Waals surface area contributed by atoms with Crippen molar-refractivity contribution >= 4 is 32.4 Å². The summed E-state index contributed by atoms with van der Waals surface area (Å²) in [5, 5.41) is 234. The molecule has 0 aromatic heterocycles. The Bertz CT molecular complexity index is 3410. The van der Waals surface area contributed by atoms with Crippen molar-refractivity contribution in [3.8, 4) is 0 Å². The summed E-state index contributed by atoms with van der Waals surface area (Å²) in [6.07, 6.45) is -73.1. The summed E-state index contributed by atoms with van der Waals surface area (Å²) in [6.45, 7) is -7.83. The number of hydrogen-bond acceptors (Lipinski definition) is 39. The second kappa shape index (κ2) is 35.6. The molecule has 23 N–H and O–H groups in total. The number of sulfonamides is 1. The molecule has 21 fully saturated rings. The molecule has 1 amide bonds. The molecule has 41 nitrogen and oxygen atoms in total. The number of nitrogens with zero attached hydrogens (tertiary/aromatic N) is 1. The van der Waals surface area contributed by atoms with Gasteiger partial charge < -0.3 is 184 Å². The van der Waals surface area contributed by atoms with E-state index in [-0.39, 0.29) is 18.0 Å². The van der Waals surface area contributed by atoms with Crippen molar-refractivity contribution in [3.63, 3.8) is 0 Å². The summed E-state index contributed by atoms with van der Waals surface area (Å²) >= 11 is 0. The van der Waals surface area contributed by atoms with Crippen LogP contribution in [0.5, 0.6) is 0 Å². The van der Waals surface area contributed by atoms with E-state index in [2.05, 4.69) is 15.4 Å². The molecule has 598 valence electrons. The van der Waals surface area contributed by atoms with E-state index in [1.807, 2.05) is 25.1 Å². The first kappa shape index (κ1) is 82.7. The zero-order valence-electron chi connectivity index (χ0n) is 56.7. The van der Waals surface area contributed by atoms with Crippen LogP contribution < -0.4 is 20.3 Å². The Labute approximate surface area is 603 Å². The number of nitrogens with one attached hydrogen (secondary N) is 3. The predicted octanol–water partition coefficient (Wildman–Crippen LogP) is -12.6. The van der Waals surface area contributed by atoms with Crippen LogP contribution in [0.1, 0.15) is 11.6 Å². The van der Waals surface area contributed by atoms with Gasteiger partial charge in [0.15, 0.2) is 44.0 Å². The number of rotatable bonds is 17. The van der Waals surface area contributed by atoms with Crippen molar-refractivity contribution in [2.24, 2.45) is 0 Å². The zero-order chi connectivity index (χ0) is 76.5. The minimum absolute atomic E-state index is 0.0170. The first-order valence-corrected chi connectivity index (χ1v) is 35.7. The molecule has 14 bridgehead atoms. The SMILES string of the molecule is CN(C)c1cccc2c(S(=O)(=O)NCCN[C@H](C(=O)NC[C@H]3O[C@@H]4O[C@H]5[C@H](O)[C@@H](O)[C@@H](O[C@H]6[C@H](O)[C@@H](O)[C@@H](O[C@H]7[C@H](O)[C@@H](O)[C@@H](O[C@H]8[C@H](O)[C@@H](O)[C@@H](O[C@H]9[C@H](O)[C@@H](O)[C@@H](O[C@H]%10[C@H](O)[C@@H](O)[C@@H](O[C@H]3[C@H](O)[C@H]4O)O[C@@H]%10CO)O[C@@H]9CO)O[C@@H]8CO)O[C@@H]7CO)O[C@@H]6CO)O[C@@H]5CO)c3ccccc3)cccc12. The first-order valence-electron chi connectivity index (χ1n) is 34.2. The molecule has 0 saturated carbocycles. The lowest BCUT2D eigenvalue weighted by Gasteiger charge is -2.50. The standard InChI is InChI=1S/C64H94N4O37S/c1-68(2)26-12-6-11-25-24(26)10-7-13-34(25)106(90,91)67-15-14-65-35(23-8-4-3-5-9-23)57(89)66-16-27-50-36(75)43(82)58(92-27)100-51-28(17-69)94-60(45(84)38(51)77)102-53-30(19-71)96-62(47(86)40(53)79)104-55-32(21-73)98-64(49(88)42(55)81)105-56-33(22-74)97-63(48(87)41(56)80)103-54-31(20-72)95-61(46(85)39(54)78)101-52-29(18-70)93-59(99-50)44(83)37(52)76/h3-13,27-33,35-56,58-65,67,69-88H,14-22H2,1-2H3,(H,66,89)/t27-,28-,29-,30-,31-,32-,33-,35+,36-,37-,38-,39-,40-,41-,42-,43-,44-,45-,46-,47-,48-,49-,50-,51-,52-,53-,54-,55-,56-,58-,59-,60-,61-,62-,63-,64-/m1/s1. The van der Waals surface area contributed by atoms with Crippen LogP contribution in [-0.2, 0) is 81.1 Å². The molecular formula is C64H94N4O37S. The van der Waals surface area contributed by atoms with E-state index in [1.54, 1.807) is 54.6 Å². The Morgan fingerprint density at radius 2 is 0.660 bits per heavy atom. The molecule has 21 saturated heterocycles. The van der Waals surface area contributed by atoms with E-state index in [4.69, 9.17) is 66.3 Å². The third-order valence-electron chi connectivity index (χ3n) is 19.9. The fourth-order valence-corrected chi connectivity index (χ4v) is 15.4. The first-order chi connectivity index (χ1) is 50.6. The van der Waals surface area contributed by atoms with Crippen LogP contribution in [0, 0.1) is 0 Å². The maximum atomic E-state index is 14.7. The van der Waals surface area contributed by atoms with Crippen LogP contribution in [0.3, 0.4) is 0 Å². The molecule has 42 heteroatoms. The summed E-state index contributed by atoms with van der Waals surface area (Å²) in [7, 11) is -0.569. The number of amides is 1. The average molecular weight is 1540 g/mol. The van der Waals surface area contributed by atoms with Crippen LogP contribution in [0.15, 0.2) is 71.6 Å². The van der Waals surface area contributed by atoms with Crippen LogP contribution in [0.2, 0.25) is 0 Å². The minimum Gasteiger partial charge on any atom is -0.394 e. The van der Waals surface area contributed by atoms with Gasteiger partial charge in [0.05, 0.1) is 44.5 Å². The number of hydrogen-bond donors (Lipinski definition) is 23. The quantitative estimate of drug-likeness (QED) is 0.0558. The van der Waals surface area contributed by atoms with E-state index in [9.17, 15) is 115 Å². The van der Waals surface area contributed by atoms with Crippen molar-refractivity contribution in [2.75, 3.05) is 78.3 Å². The molecule has 106 heavy (non-hydrogen) atoms. The van der Waals surface area contributed by atoms with Crippen molar-refractivity contribution in [1.82, 2.24) is 15.4 Å². The molecule has 21 aliphatic rings. The summed E-state index contributed by atoms with van der Waals surface area (Å²) in [5.74, 6) is -0.852. The van der Waals surface area contributed by atoms with Crippen LogP contribution in [0.4, 0.5) is 5.69 Å². The summed E-state index contributed by atoms with van der Waals surface area (Å²) < 4.78 is 112. The number of carbonyl (C=O) groups is 1. The molecule has 0 aliphatic carbocycles. The van der Waals surface area contributed by atoms with Gasteiger partial charge in [-0.15, -0.1) is 0 Å². The summed E-state index contributed by atoms with van der Waals surface area (Å²) in [4.78, 5) is 16.5. The third kappa shape index (κ3) is 17.0. The molecule has 24 rings (SSSR count). The average Bonchev–Trinajstić information content (AvgIpc) is 0.785. The smallest absolute Gasteiger partial charge is 0.241 e. The van der Waals surface area contributed by atoms with E-state index in [1.165, 1.54) is 6.07 Å². The fourth-order valence-electron chi connectivity index (χ4n) is 14.1. The molecular weight excluding hydrogens is 1450 g/mol. The minimum atomic E-state index is -4.19. The lowest BCUT2D eigenvalue weighted by Crippen LogP contribution is -2.68. The number of benzene rings is 3. The number of anilines is 1. The molecule has 0 spiro atoms. The van der Waals surface area contributed by atoms with Crippen LogP contribution >= 0.6 is 0 Å². The summed E-state index contributed by atoms with van der Waals surface area (Å²) in [5.41, 5.74) is 1.10. The van der Waals surface area contributed by atoms with Gasteiger partial charge in [-0.2, -0.15) is 0 Å². The van der Waals surface area contributed by atoms with Gasteiger partial charge in [-0.25, -0.2) is 13.1 Å². The third-order valence-corrected chi connectivity index (χ3v) is 21.4. The molecule has 36 atom stereocenters. The topological polar surface area (TPSA) is 624 Å². The van der Waals surface area contributed by atoms with Gasteiger partial charge in [-0.1, -0.05) is 54.6 Å². The number of fused-ring (bicyclic) bond motifs is 1. The van der Waals surface area contributed by atoms with Gasteiger partial charge >= 0.3 is 0 Å². The maximum Gasteiger partial charge on any atom is 0.241 e. The molecule has 0 unspecified atom stereocenters. The van der Waals surface area contributed by atoms with Crippen molar-refractivity contribution < 1.29 is 182 Å². The molecule has 3 aromatic rings. The van der Waals surface area contributed by atoms with Gasteiger partial charge in [0.25, 0.3) is 0 Å². The Balaban J connectivity index is 0.872. The summed E-state index contributed by atoms with van der Waals surface area (Å²) in [6, 6.07) is 16.7. The number of aliphatic hydroxyl groups is 20. The number of aliphatic hydroxyl groups excluding tert-OH is 20. The van der Waals surface area contributed by atoms with Crippen LogP contribution in [0.25, 0.3) is 10.8 Å². The highest BCUT2D eigenvalue weighted by Crippen LogP contribution is 2.40. The molecule has 0 radical (unpaired) electrons. The highest BCUT2D eigenvalue weighted by atomic mass is 32.2. The number of carbonyl (C=O) groups excluding carboxylic acids is 1. The largest absolute Gasteiger partial charge is 0.394 e. The fraction of sp³-hybridized carbons (Fsp3) is 0.734. The number of ether oxygens (including phenoxy) is 14. The van der Waals surface area contributed by atoms with Crippen molar-refractivity contribution in [3.05, 3.63) is 72.3 Å². The molecule has 3 aromatic carbocycles. The van der Waals surface area contributed by atoms with Crippen molar-refractivity contribution in [1.29, 1.82) is 0 Å². The van der Waals surface area contributed by atoms with E-state index < -0.39 is 283 Å². The van der Waals surface area contributed by atoms with E-state index in [0.29, 0.717) is 16.3 Å². The Hall–Kier alpha value is -4.30. The Kier molecular flexibility index (Phi) is 27.8. The monoisotopic (exact) mass is 1540 g/mol. The highest BCUT2D eigenvalue weighted by molar-refractivity contribution is 7.89. The van der Waals surface area contributed by atoms with Gasteiger partial charge in [0, 0.05) is 50.2 Å². The van der Waals surface area contributed by atoms with Gasteiger partial charge in [-0.3, -0.25) is 4.79 Å².